The molecule has 0 heterocycles. The Labute approximate surface area is 216 Å². The molecular formula is C29H27Cl2NO3. The number of nitrogens with zero attached hydrogens (tertiary/aromatic N) is 1. The van der Waals surface area contributed by atoms with E-state index in [9.17, 15) is 9.59 Å². The Morgan fingerprint density at radius 3 is 2.17 bits per heavy atom. The lowest BCUT2D eigenvalue weighted by Gasteiger charge is -2.25. The number of carbonyl (C=O) groups is 2. The minimum atomic E-state index is -0.434. The molecule has 0 radical (unpaired) electrons. The summed E-state index contributed by atoms with van der Waals surface area (Å²) in [6.07, 6.45) is 6.86. The maximum atomic E-state index is 13.1. The molecule has 0 fully saturated rings. The average Bonchev–Trinajstić information content (AvgIpc) is 2.86. The van der Waals surface area contributed by atoms with E-state index in [2.05, 4.69) is 4.74 Å². The third kappa shape index (κ3) is 7.32. The van der Waals surface area contributed by atoms with E-state index in [-0.39, 0.29) is 11.8 Å². The third-order valence-electron chi connectivity index (χ3n) is 5.32. The zero-order valence-corrected chi connectivity index (χ0v) is 21.4. The van der Waals surface area contributed by atoms with E-state index >= 15 is 0 Å². The van der Waals surface area contributed by atoms with Crippen LogP contribution in [0.5, 0.6) is 0 Å². The summed E-state index contributed by atoms with van der Waals surface area (Å²) in [5.41, 5.74) is 4.31. The summed E-state index contributed by atoms with van der Waals surface area (Å²) in [5.74, 6) is -0.597. The van der Waals surface area contributed by atoms with Crippen molar-refractivity contribution in [3.05, 3.63) is 105 Å². The lowest BCUT2D eigenvalue weighted by Crippen LogP contribution is -2.33. The number of carbonyl (C=O) groups excluding carboxylic acids is 2. The SMILES string of the molecule is COC(=O)/C=C/c1cccc(N(Cc2ccc(/C=C/c3c(Cl)cccc3Cl)cc2)C(=O)C(C)C)c1. The summed E-state index contributed by atoms with van der Waals surface area (Å²) in [5, 5.41) is 1.19. The van der Waals surface area contributed by atoms with Crippen LogP contribution in [0, 0.1) is 5.92 Å². The Balaban J connectivity index is 1.82. The van der Waals surface area contributed by atoms with Gasteiger partial charge in [0.05, 0.1) is 13.7 Å². The molecule has 3 aromatic rings. The molecule has 35 heavy (non-hydrogen) atoms. The number of anilines is 1. The summed E-state index contributed by atoms with van der Waals surface area (Å²) >= 11 is 12.5. The van der Waals surface area contributed by atoms with Crippen molar-refractivity contribution in [3.63, 3.8) is 0 Å². The van der Waals surface area contributed by atoms with Gasteiger partial charge in [-0.2, -0.15) is 0 Å². The maximum absolute atomic E-state index is 13.1. The van der Waals surface area contributed by atoms with Crippen molar-refractivity contribution in [2.45, 2.75) is 20.4 Å². The molecule has 0 atom stereocenters. The van der Waals surface area contributed by atoms with Crippen LogP contribution in [0.15, 0.2) is 72.8 Å². The number of methoxy groups -OCH3 is 1. The number of hydrogen-bond acceptors (Lipinski definition) is 3. The van der Waals surface area contributed by atoms with Crippen molar-refractivity contribution >= 4 is 59.0 Å². The number of halogens is 2. The van der Waals surface area contributed by atoms with Crippen LogP contribution in [0.2, 0.25) is 10.0 Å². The lowest BCUT2D eigenvalue weighted by atomic mass is 10.1. The van der Waals surface area contributed by atoms with E-state index in [4.69, 9.17) is 23.2 Å². The van der Waals surface area contributed by atoms with Crippen molar-refractivity contribution in [2.75, 3.05) is 12.0 Å². The van der Waals surface area contributed by atoms with E-state index in [1.165, 1.54) is 13.2 Å². The molecule has 1 amide bonds. The highest BCUT2D eigenvalue weighted by molar-refractivity contribution is 6.37. The first kappa shape index (κ1) is 26.3. The van der Waals surface area contributed by atoms with E-state index < -0.39 is 5.97 Å². The van der Waals surface area contributed by atoms with Crippen LogP contribution in [0.1, 0.15) is 36.1 Å². The van der Waals surface area contributed by atoms with Crippen LogP contribution in [0.25, 0.3) is 18.2 Å². The Kier molecular flexibility index (Phi) is 9.30. The molecule has 0 spiro atoms. The zero-order chi connectivity index (χ0) is 25.4. The van der Waals surface area contributed by atoms with E-state index in [0.717, 1.165) is 27.9 Å². The second kappa shape index (κ2) is 12.4. The van der Waals surface area contributed by atoms with Gasteiger partial charge in [0.25, 0.3) is 0 Å². The standard InChI is InChI=1S/C29H27Cl2NO3/c1-20(2)29(34)32(24-7-4-6-22(18-24)15-17-28(33)35-3)19-23-12-10-21(11-13-23)14-16-25-26(30)8-5-9-27(25)31/h4-18,20H,19H2,1-3H3/b16-14+,17-15+. The topological polar surface area (TPSA) is 46.6 Å². The normalized spacial score (nSPS) is 11.4. The van der Waals surface area contributed by atoms with Gasteiger partial charge < -0.3 is 9.64 Å². The number of amides is 1. The number of ether oxygens (including phenoxy) is 1. The van der Waals surface area contributed by atoms with Gasteiger partial charge in [-0.3, -0.25) is 4.79 Å². The number of rotatable bonds is 8. The molecule has 0 aliphatic carbocycles. The second-order valence-electron chi connectivity index (χ2n) is 8.24. The van der Waals surface area contributed by atoms with Crippen molar-refractivity contribution < 1.29 is 14.3 Å². The van der Waals surface area contributed by atoms with Gasteiger partial charge >= 0.3 is 5.97 Å². The Morgan fingerprint density at radius 1 is 0.886 bits per heavy atom. The van der Waals surface area contributed by atoms with Crippen LogP contribution in [-0.4, -0.2) is 19.0 Å². The number of benzene rings is 3. The average molecular weight is 508 g/mol. The monoisotopic (exact) mass is 507 g/mol. The highest BCUT2D eigenvalue weighted by atomic mass is 35.5. The minimum absolute atomic E-state index is 0.0106. The van der Waals surface area contributed by atoms with Crippen molar-refractivity contribution in [2.24, 2.45) is 5.92 Å². The van der Waals surface area contributed by atoms with Crippen LogP contribution in [-0.2, 0) is 20.9 Å². The maximum Gasteiger partial charge on any atom is 0.330 e. The van der Waals surface area contributed by atoms with Gasteiger partial charge in [-0.05, 0) is 47.0 Å². The van der Waals surface area contributed by atoms with Gasteiger partial charge in [0, 0.05) is 33.3 Å². The molecule has 0 unspecified atom stereocenters. The molecule has 3 rings (SSSR count). The Morgan fingerprint density at radius 2 is 1.54 bits per heavy atom. The molecule has 0 aliphatic heterocycles. The molecule has 3 aromatic carbocycles. The Hall–Kier alpha value is -3.34. The molecule has 0 aromatic heterocycles. The van der Waals surface area contributed by atoms with Crippen LogP contribution >= 0.6 is 23.2 Å². The summed E-state index contributed by atoms with van der Waals surface area (Å²) in [7, 11) is 1.33. The molecular weight excluding hydrogens is 481 g/mol. The fourth-order valence-corrected chi connectivity index (χ4v) is 3.93. The highest BCUT2D eigenvalue weighted by Gasteiger charge is 2.19. The fraction of sp³-hybridized carbons (Fsp3) is 0.172. The smallest absolute Gasteiger partial charge is 0.330 e. The molecule has 180 valence electrons. The van der Waals surface area contributed by atoms with Gasteiger partial charge in [-0.15, -0.1) is 0 Å². The van der Waals surface area contributed by atoms with Crippen LogP contribution in [0.3, 0.4) is 0 Å². The Bertz CT molecular complexity index is 1230. The quantitative estimate of drug-likeness (QED) is 0.179. The van der Waals surface area contributed by atoms with Crippen LogP contribution < -0.4 is 4.90 Å². The molecule has 0 saturated heterocycles. The number of hydrogen-bond donors (Lipinski definition) is 0. The zero-order valence-electron chi connectivity index (χ0n) is 19.9. The van der Waals surface area contributed by atoms with Crippen LogP contribution in [0.4, 0.5) is 5.69 Å². The molecule has 4 nitrogen and oxygen atoms in total. The summed E-state index contributed by atoms with van der Waals surface area (Å²) in [6.45, 7) is 4.18. The van der Waals surface area contributed by atoms with E-state index in [1.807, 2.05) is 80.6 Å². The molecule has 0 saturated carbocycles. The van der Waals surface area contributed by atoms with Gasteiger partial charge in [0.15, 0.2) is 0 Å². The largest absolute Gasteiger partial charge is 0.466 e. The molecule has 0 bridgehead atoms. The minimum Gasteiger partial charge on any atom is -0.466 e. The van der Waals surface area contributed by atoms with Gasteiger partial charge in [-0.1, -0.05) is 91.7 Å². The fourth-order valence-electron chi connectivity index (χ4n) is 3.40. The molecule has 0 N–H and O–H groups in total. The summed E-state index contributed by atoms with van der Waals surface area (Å²) in [4.78, 5) is 26.3. The predicted molar refractivity (Wildman–Crippen MR) is 145 cm³/mol. The molecule has 6 heteroatoms. The number of esters is 1. The van der Waals surface area contributed by atoms with Crippen molar-refractivity contribution in [3.8, 4) is 0 Å². The van der Waals surface area contributed by atoms with Gasteiger partial charge in [-0.25, -0.2) is 4.79 Å². The summed E-state index contributed by atoms with van der Waals surface area (Å²) in [6, 6.07) is 20.9. The predicted octanol–water partition coefficient (Wildman–Crippen LogP) is 7.54. The molecule has 0 aliphatic rings. The first-order valence-corrected chi connectivity index (χ1v) is 11.9. The van der Waals surface area contributed by atoms with Gasteiger partial charge in [0.1, 0.15) is 0 Å². The lowest BCUT2D eigenvalue weighted by molar-refractivity contribution is -0.134. The van der Waals surface area contributed by atoms with E-state index in [0.29, 0.717) is 16.6 Å². The first-order chi connectivity index (χ1) is 16.8. The summed E-state index contributed by atoms with van der Waals surface area (Å²) < 4.78 is 4.65. The van der Waals surface area contributed by atoms with Crippen molar-refractivity contribution in [1.29, 1.82) is 0 Å². The second-order valence-corrected chi connectivity index (χ2v) is 9.06. The third-order valence-corrected chi connectivity index (χ3v) is 5.98. The highest BCUT2D eigenvalue weighted by Crippen LogP contribution is 2.27. The first-order valence-electron chi connectivity index (χ1n) is 11.2. The van der Waals surface area contributed by atoms with E-state index in [1.54, 1.807) is 23.1 Å². The van der Waals surface area contributed by atoms with Crippen molar-refractivity contribution in [1.82, 2.24) is 0 Å². The van der Waals surface area contributed by atoms with Gasteiger partial charge in [0.2, 0.25) is 5.91 Å².